The number of aromatic amines is 1. The van der Waals surface area contributed by atoms with Gasteiger partial charge in [-0.2, -0.15) is 20.5 Å². The SMILES string of the molecule is CC(C)CCc1nc2n(n1)CCN(C(=O)c1ccc3n[nH]nc3c1)[C@@H]2C. The van der Waals surface area contributed by atoms with Crippen molar-refractivity contribution in [1.82, 2.24) is 35.1 Å². The van der Waals surface area contributed by atoms with Gasteiger partial charge in [-0.3, -0.25) is 4.79 Å². The van der Waals surface area contributed by atoms with Gasteiger partial charge in [0.1, 0.15) is 16.9 Å². The molecule has 1 aliphatic heterocycles. The van der Waals surface area contributed by atoms with Crippen LogP contribution in [0, 0.1) is 5.92 Å². The molecule has 0 fully saturated rings. The van der Waals surface area contributed by atoms with Gasteiger partial charge in [-0.15, -0.1) is 0 Å². The maximum absolute atomic E-state index is 13.0. The van der Waals surface area contributed by atoms with E-state index in [2.05, 4.69) is 34.4 Å². The zero-order chi connectivity index (χ0) is 18.3. The van der Waals surface area contributed by atoms with Gasteiger partial charge in [-0.1, -0.05) is 13.8 Å². The Bertz CT molecular complexity index is 942. The number of hydrogen-bond donors (Lipinski definition) is 1. The zero-order valence-electron chi connectivity index (χ0n) is 15.3. The first kappa shape index (κ1) is 16.7. The van der Waals surface area contributed by atoms with Gasteiger partial charge in [0.25, 0.3) is 5.91 Å². The van der Waals surface area contributed by atoms with E-state index >= 15 is 0 Å². The van der Waals surface area contributed by atoms with Crippen LogP contribution in [0.15, 0.2) is 18.2 Å². The van der Waals surface area contributed by atoms with E-state index < -0.39 is 0 Å². The van der Waals surface area contributed by atoms with Crippen LogP contribution in [0.1, 0.15) is 55.2 Å². The molecular weight excluding hydrogens is 330 g/mol. The maximum atomic E-state index is 13.0. The Morgan fingerprint density at radius 3 is 2.88 bits per heavy atom. The number of nitrogens with one attached hydrogen (secondary N) is 1. The molecule has 8 nitrogen and oxygen atoms in total. The molecule has 0 unspecified atom stereocenters. The average molecular weight is 353 g/mol. The predicted octanol–water partition coefficient (Wildman–Crippen LogP) is 2.36. The van der Waals surface area contributed by atoms with E-state index in [4.69, 9.17) is 4.98 Å². The van der Waals surface area contributed by atoms with Gasteiger partial charge in [0.2, 0.25) is 0 Å². The maximum Gasteiger partial charge on any atom is 0.254 e. The molecule has 1 amide bonds. The van der Waals surface area contributed by atoms with Crippen LogP contribution in [0.3, 0.4) is 0 Å². The molecule has 0 radical (unpaired) electrons. The Labute approximate surface area is 151 Å². The minimum atomic E-state index is -0.107. The van der Waals surface area contributed by atoms with E-state index in [-0.39, 0.29) is 11.9 Å². The van der Waals surface area contributed by atoms with E-state index in [0.717, 1.165) is 30.0 Å². The molecule has 0 saturated carbocycles. The molecule has 0 aliphatic carbocycles. The Hall–Kier alpha value is -2.77. The number of carbonyl (C=O) groups is 1. The summed E-state index contributed by atoms with van der Waals surface area (Å²) in [4.78, 5) is 19.6. The molecule has 1 aliphatic rings. The molecule has 1 atom stereocenters. The summed E-state index contributed by atoms with van der Waals surface area (Å²) in [6.07, 6.45) is 1.94. The normalized spacial score (nSPS) is 17.1. The molecule has 8 heteroatoms. The van der Waals surface area contributed by atoms with Gasteiger partial charge in [0.05, 0.1) is 12.6 Å². The molecule has 26 heavy (non-hydrogen) atoms. The van der Waals surface area contributed by atoms with E-state index in [1.165, 1.54) is 0 Å². The van der Waals surface area contributed by atoms with Crippen molar-refractivity contribution in [2.75, 3.05) is 6.54 Å². The Morgan fingerprint density at radius 2 is 2.08 bits per heavy atom. The molecule has 136 valence electrons. The van der Waals surface area contributed by atoms with Gasteiger partial charge in [0.15, 0.2) is 5.82 Å². The Kier molecular flexibility index (Phi) is 4.18. The minimum Gasteiger partial charge on any atom is -0.327 e. The summed E-state index contributed by atoms with van der Waals surface area (Å²) in [7, 11) is 0. The Balaban J connectivity index is 1.56. The van der Waals surface area contributed by atoms with Gasteiger partial charge < -0.3 is 4.90 Å². The number of carbonyl (C=O) groups excluding carboxylic acids is 1. The number of aryl methyl sites for hydroxylation is 1. The van der Waals surface area contributed by atoms with Crippen molar-refractivity contribution in [3.05, 3.63) is 35.4 Å². The first-order valence-corrected chi connectivity index (χ1v) is 9.08. The van der Waals surface area contributed by atoms with E-state index in [1.807, 2.05) is 22.6 Å². The highest BCUT2D eigenvalue weighted by Crippen LogP contribution is 2.26. The lowest BCUT2D eigenvalue weighted by Crippen LogP contribution is -2.41. The number of hydrogen-bond acceptors (Lipinski definition) is 5. The van der Waals surface area contributed by atoms with Crippen LogP contribution in [0.5, 0.6) is 0 Å². The molecule has 3 aromatic rings. The fraction of sp³-hybridized carbons (Fsp3) is 0.500. The van der Waals surface area contributed by atoms with Gasteiger partial charge in [-0.25, -0.2) is 9.67 Å². The van der Waals surface area contributed by atoms with E-state index in [0.29, 0.717) is 30.1 Å². The molecule has 2 aromatic heterocycles. The second kappa shape index (κ2) is 6.51. The van der Waals surface area contributed by atoms with Crippen LogP contribution in [0.25, 0.3) is 11.0 Å². The van der Waals surface area contributed by atoms with Crippen molar-refractivity contribution >= 4 is 16.9 Å². The fourth-order valence-electron chi connectivity index (χ4n) is 3.35. The fourth-order valence-corrected chi connectivity index (χ4v) is 3.35. The van der Waals surface area contributed by atoms with Crippen molar-refractivity contribution < 1.29 is 4.79 Å². The van der Waals surface area contributed by atoms with Crippen LogP contribution in [-0.4, -0.2) is 47.5 Å². The summed E-state index contributed by atoms with van der Waals surface area (Å²) >= 11 is 0. The summed E-state index contributed by atoms with van der Waals surface area (Å²) in [5, 5.41) is 15.3. The number of H-pyrrole nitrogens is 1. The molecule has 0 bridgehead atoms. The highest BCUT2D eigenvalue weighted by atomic mass is 16.2. The number of rotatable bonds is 4. The van der Waals surface area contributed by atoms with Crippen LogP contribution in [-0.2, 0) is 13.0 Å². The van der Waals surface area contributed by atoms with Crippen molar-refractivity contribution in [3.63, 3.8) is 0 Å². The predicted molar refractivity (Wildman–Crippen MR) is 96.5 cm³/mol. The highest BCUT2D eigenvalue weighted by molar-refractivity contribution is 5.97. The second-order valence-electron chi connectivity index (χ2n) is 7.24. The van der Waals surface area contributed by atoms with Crippen molar-refractivity contribution in [1.29, 1.82) is 0 Å². The standard InChI is InChI=1S/C18H23N7O/c1-11(2)4-7-16-19-17-12(3)24(8-9-25(17)22-16)18(26)13-5-6-14-15(10-13)21-23-20-14/h5-6,10-12H,4,7-9H2,1-3H3,(H,20,21,23)/t12-/m1/s1. The topological polar surface area (TPSA) is 92.6 Å². The van der Waals surface area contributed by atoms with Crippen LogP contribution in [0.2, 0.25) is 0 Å². The molecular formula is C18H23N7O. The summed E-state index contributed by atoms with van der Waals surface area (Å²) in [5.74, 6) is 2.35. The van der Waals surface area contributed by atoms with Crippen molar-refractivity contribution in [3.8, 4) is 0 Å². The third kappa shape index (κ3) is 2.95. The van der Waals surface area contributed by atoms with Crippen LogP contribution >= 0.6 is 0 Å². The summed E-state index contributed by atoms with van der Waals surface area (Å²) in [6.45, 7) is 7.71. The summed E-state index contributed by atoms with van der Waals surface area (Å²) in [6, 6.07) is 5.28. The largest absolute Gasteiger partial charge is 0.327 e. The minimum absolute atomic E-state index is 0.0135. The summed E-state index contributed by atoms with van der Waals surface area (Å²) < 4.78 is 1.95. The van der Waals surface area contributed by atoms with E-state index in [1.54, 1.807) is 12.1 Å². The van der Waals surface area contributed by atoms with Gasteiger partial charge in [-0.05, 0) is 37.5 Å². The van der Waals surface area contributed by atoms with Crippen LogP contribution in [0.4, 0.5) is 0 Å². The van der Waals surface area contributed by atoms with Crippen molar-refractivity contribution in [2.24, 2.45) is 5.92 Å². The molecule has 3 heterocycles. The van der Waals surface area contributed by atoms with Gasteiger partial charge in [0, 0.05) is 18.5 Å². The Morgan fingerprint density at radius 1 is 1.27 bits per heavy atom. The number of benzene rings is 1. The van der Waals surface area contributed by atoms with Crippen LogP contribution < -0.4 is 0 Å². The smallest absolute Gasteiger partial charge is 0.254 e. The highest BCUT2D eigenvalue weighted by Gasteiger charge is 2.31. The van der Waals surface area contributed by atoms with Gasteiger partial charge >= 0.3 is 0 Å². The average Bonchev–Trinajstić information content (AvgIpc) is 3.26. The number of aromatic nitrogens is 6. The second-order valence-corrected chi connectivity index (χ2v) is 7.24. The summed E-state index contributed by atoms with van der Waals surface area (Å²) in [5.41, 5.74) is 2.06. The first-order chi connectivity index (χ1) is 12.5. The molecule has 0 spiro atoms. The monoisotopic (exact) mass is 353 g/mol. The molecule has 1 aromatic carbocycles. The lowest BCUT2D eigenvalue weighted by molar-refractivity contribution is 0.0631. The molecule has 0 saturated heterocycles. The number of nitrogens with zero attached hydrogens (tertiary/aromatic N) is 6. The molecule has 1 N–H and O–H groups in total. The first-order valence-electron chi connectivity index (χ1n) is 9.08. The molecule has 4 rings (SSSR count). The quantitative estimate of drug-likeness (QED) is 0.777. The number of fused-ring (bicyclic) bond motifs is 2. The third-order valence-corrected chi connectivity index (χ3v) is 4.91. The van der Waals surface area contributed by atoms with E-state index in [9.17, 15) is 4.79 Å². The zero-order valence-corrected chi connectivity index (χ0v) is 15.3. The lowest BCUT2D eigenvalue weighted by atomic mass is 10.1. The third-order valence-electron chi connectivity index (χ3n) is 4.91. The van der Waals surface area contributed by atoms with Crippen molar-refractivity contribution in [2.45, 2.75) is 46.2 Å². The number of amides is 1. The lowest BCUT2D eigenvalue weighted by Gasteiger charge is -2.33.